The Balaban J connectivity index is 2.14. The molecule has 0 saturated carbocycles. The van der Waals surface area contributed by atoms with Gasteiger partial charge >= 0.3 is 5.97 Å². The van der Waals surface area contributed by atoms with Crippen molar-refractivity contribution < 1.29 is 14.6 Å². The molecule has 98 valence electrons. The molecule has 0 aromatic heterocycles. The van der Waals surface area contributed by atoms with Gasteiger partial charge in [0.05, 0.1) is 18.6 Å². The molecule has 3 N–H and O–H groups in total. The third kappa shape index (κ3) is 2.54. The number of aliphatic carboxylic acids is 1. The molecule has 4 heteroatoms. The van der Waals surface area contributed by atoms with Crippen molar-refractivity contribution in [1.29, 1.82) is 0 Å². The summed E-state index contributed by atoms with van der Waals surface area (Å²) in [5, 5.41) is 9.12. The fourth-order valence-corrected chi connectivity index (χ4v) is 2.18. The van der Waals surface area contributed by atoms with E-state index in [1.807, 2.05) is 18.2 Å². The maximum atomic E-state index is 11.1. The number of carbonyl (C=O) groups is 1. The third-order valence-electron chi connectivity index (χ3n) is 3.48. The maximum absolute atomic E-state index is 11.1. The molecule has 0 saturated heterocycles. The lowest BCUT2D eigenvalue weighted by Gasteiger charge is -2.23. The molecule has 1 aliphatic rings. The monoisotopic (exact) mass is 249 g/mol. The molecule has 18 heavy (non-hydrogen) atoms. The van der Waals surface area contributed by atoms with Crippen LogP contribution in [0.25, 0.3) is 0 Å². The highest BCUT2D eigenvalue weighted by Gasteiger charge is 2.30. The lowest BCUT2D eigenvalue weighted by atomic mass is 9.83. The summed E-state index contributed by atoms with van der Waals surface area (Å²) in [6.45, 7) is 4.68. The van der Waals surface area contributed by atoms with Crippen LogP contribution >= 0.6 is 0 Å². The lowest BCUT2D eigenvalue weighted by molar-refractivity contribution is -0.147. The molecular weight excluding hydrogens is 230 g/mol. The normalized spacial score (nSPS) is 16.4. The number of hydrogen-bond donors (Lipinski definition) is 2. The van der Waals surface area contributed by atoms with E-state index in [4.69, 9.17) is 15.6 Å². The summed E-state index contributed by atoms with van der Waals surface area (Å²) in [5.74, 6) is -0.817. The smallest absolute Gasteiger partial charge is 0.309 e. The molecule has 1 unspecified atom stereocenters. The van der Waals surface area contributed by atoms with E-state index in [1.54, 1.807) is 13.8 Å². The van der Waals surface area contributed by atoms with E-state index < -0.39 is 11.4 Å². The molecule has 0 aliphatic carbocycles. The number of fused-ring (bicyclic) bond motifs is 1. The Labute approximate surface area is 107 Å². The molecule has 1 heterocycles. The van der Waals surface area contributed by atoms with Gasteiger partial charge in [0.15, 0.2) is 0 Å². The van der Waals surface area contributed by atoms with Gasteiger partial charge in [-0.05, 0) is 37.0 Å². The van der Waals surface area contributed by atoms with E-state index in [0.29, 0.717) is 19.6 Å². The average Bonchev–Trinajstić information content (AvgIpc) is 2.74. The highest BCUT2D eigenvalue weighted by atomic mass is 16.5. The quantitative estimate of drug-likeness (QED) is 0.858. The fraction of sp³-hybridized carbons (Fsp3) is 0.500. The van der Waals surface area contributed by atoms with Crippen molar-refractivity contribution in [3.63, 3.8) is 0 Å². The molecule has 1 aromatic carbocycles. The predicted octanol–water partition coefficient (Wildman–Crippen LogP) is 2.22. The second-order valence-corrected chi connectivity index (χ2v) is 5.52. The van der Waals surface area contributed by atoms with E-state index in [1.165, 1.54) is 5.56 Å². The van der Waals surface area contributed by atoms with Gasteiger partial charge in [0.25, 0.3) is 0 Å². The minimum Gasteiger partial charge on any atom is -0.481 e. The second-order valence-electron chi connectivity index (χ2n) is 5.52. The summed E-state index contributed by atoms with van der Waals surface area (Å²) < 4.78 is 5.35. The molecule has 0 amide bonds. The van der Waals surface area contributed by atoms with Gasteiger partial charge in [0.1, 0.15) is 0 Å². The zero-order valence-electron chi connectivity index (χ0n) is 10.8. The zero-order valence-corrected chi connectivity index (χ0v) is 10.8. The molecule has 0 bridgehead atoms. The number of ether oxygens (including phenoxy) is 1. The number of benzene rings is 1. The Morgan fingerprint density at radius 1 is 1.44 bits per heavy atom. The second kappa shape index (κ2) is 4.71. The standard InChI is InChI=1S/C14H19NO3/c1-14(2,13(16)17)6-12(15)9-3-4-10-7-18-8-11(10)5-9/h3-5,12H,6-8,15H2,1-2H3,(H,16,17). The van der Waals surface area contributed by atoms with Crippen molar-refractivity contribution in [2.45, 2.75) is 39.5 Å². The molecule has 1 aromatic rings. The maximum Gasteiger partial charge on any atom is 0.309 e. The van der Waals surface area contributed by atoms with Crippen LogP contribution in [0, 0.1) is 5.41 Å². The minimum atomic E-state index is -0.817. The van der Waals surface area contributed by atoms with E-state index in [0.717, 1.165) is 11.1 Å². The van der Waals surface area contributed by atoms with E-state index in [2.05, 4.69) is 0 Å². The molecule has 1 atom stereocenters. The van der Waals surface area contributed by atoms with Crippen LogP contribution in [0.15, 0.2) is 18.2 Å². The summed E-state index contributed by atoms with van der Waals surface area (Å²) >= 11 is 0. The minimum absolute atomic E-state index is 0.262. The van der Waals surface area contributed by atoms with Crippen molar-refractivity contribution in [3.8, 4) is 0 Å². The predicted molar refractivity (Wildman–Crippen MR) is 67.9 cm³/mol. The first-order chi connectivity index (χ1) is 8.40. The van der Waals surface area contributed by atoms with Gasteiger partial charge in [-0.3, -0.25) is 4.79 Å². The zero-order chi connectivity index (χ0) is 13.3. The summed E-state index contributed by atoms with van der Waals surface area (Å²) in [7, 11) is 0. The molecule has 1 aliphatic heterocycles. The first-order valence-electron chi connectivity index (χ1n) is 6.08. The van der Waals surface area contributed by atoms with E-state index >= 15 is 0 Å². The molecule has 4 nitrogen and oxygen atoms in total. The Kier molecular flexibility index (Phi) is 3.41. The molecular formula is C14H19NO3. The van der Waals surface area contributed by atoms with Crippen LogP contribution in [0.3, 0.4) is 0 Å². The summed E-state index contributed by atoms with van der Waals surface area (Å²) in [6, 6.07) is 5.76. The van der Waals surface area contributed by atoms with Crippen LogP contribution in [-0.2, 0) is 22.7 Å². The first-order valence-corrected chi connectivity index (χ1v) is 6.08. The van der Waals surface area contributed by atoms with E-state index in [-0.39, 0.29) is 6.04 Å². The highest BCUT2D eigenvalue weighted by molar-refractivity contribution is 5.73. The van der Waals surface area contributed by atoms with E-state index in [9.17, 15) is 4.79 Å². The Morgan fingerprint density at radius 3 is 2.78 bits per heavy atom. The Bertz CT molecular complexity index is 468. The SMILES string of the molecule is CC(C)(CC(N)c1ccc2c(c1)COC2)C(=O)O. The summed E-state index contributed by atoms with van der Waals surface area (Å²) in [5.41, 5.74) is 8.64. The summed E-state index contributed by atoms with van der Waals surface area (Å²) in [4.78, 5) is 11.1. The van der Waals surface area contributed by atoms with Gasteiger partial charge in [-0.1, -0.05) is 18.2 Å². The van der Waals surface area contributed by atoms with Crippen molar-refractivity contribution in [3.05, 3.63) is 34.9 Å². The van der Waals surface area contributed by atoms with Gasteiger partial charge < -0.3 is 15.6 Å². The third-order valence-corrected chi connectivity index (χ3v) is 3.48. The molecule has 2 rings (SSSR count). The van der Waals surface area contributed by atoms with Crippen molar-refractivity contribution in [1.82, 2.24) is 0 Å². The number of hydrogen-bond acceptors (Lipinski definition) is 3. The number of carboxylic acids is 1. The molecule has 0 fully saturated rings. The Hall–Kier alpha value is -1.39. The lowest BCUT2D eigenvalue weighted by Crippen LogP contribution is -2.28. The van der Waals surface area contributed by atoms with Crippen molar-refractivity contribution in [2.75, 3.05) is 0 Å². The van der Waals surface area contributed by atoms with Gasteiger partial charge in [-0.15, -0.1) is 0 Å². The van der Waals surface area contributed by atoms with Gasteiger partial charge in [0.2, 0.25) is 0 Å². The van der Waals surface area contributed by atoms with Gasteiger partial charge in [-0.2, -0.15) is 0 Å². The number of nitrogens with two attached hydrogens (primary N) is 1. The van der Waals surface area contributed by atoms with Crippen LogP contribution in [0.1, 0.15) is 43.0 Å². The number of rotatable bonds is 4. The topological polar surface area (TPSA) is 72.5 Å². The van der Waals surface area contributed by atoms with Crippen LogP contribution in [-0.4, -0.2) is 11.1 Å². The summed E-state index contributed by atoms with van der Waals surface area (Å²) in [6.07, 6.45) is 0.419. The number of carboxylic acid groups (broad SMARTS) is 1. The van der Waals surface area contributed by atoms with Crippen molar-refractivity contribution in [2.24, 2.45) is 11.1 Å². The van der Waals surface area contributed by atoms with Crippen molar-refractivity contribution >= 4 is 5.97 Å². The van der Waals surface area contributed by atoms with Crippen LogP contribution < -0.4 is 5.73 Å². The average molecular weight is 249 g/mol. The first kappa shape index (κ1) is 13.1. The largest absolute Gasteiger partial charge is 0.481 e. The fourth-order valence-electron chi connectivity index (χ4n) is 2.18. The van der Waals surface area contributed by atoms with Crippen LogP contribution in [0.5, 0.6) is 0 Å². The van der Waals surface area contributed by atoms with Crippen LogP contribution in [0.2, 0.25) is 0 Å². The Morgan fingerprint density at radius 2 is 2.11 bits per heavy atom. The molecule has 0 radical (unpaired) electrons. The van der Waals surface area contributed by atoms with Crippen LogP contribution in [0.4, 0.5) is 0 Å². The van der Waals surface area contributed by atoms with Gasteiger partial charge in [0, 0.05) is 6.04 Å². The molecule has 0 spiro atoms. The highest BCUT2D eigenvalue weighted by Crippen LogP contribution is 2.30. The van der Waals surface area contributed by atoms with Gasteiger partial charge in [-0.25, -0.2) is 0 Å².